The van der Waals surface area contributed by atoms with Gasteiger partial charge in [0, 0.05) is 10.9 Å². The summed E-state index contributed by atoms with van der Waals surface area (Å²) in [7, 11) is 0. The second-order valence-electron chi connectivity index (χ2n) is 3.97. The number of hydrogen-bond donors (Lipinski definition) is 1. The first-order chi connectivity index (χ1) is 9.19. The van der Waals surface area contributed by atoms with Gasteiger partial charge < -0.3 is 10.5 Å². The van der Waals surface area contributed by atoms with E-state index in [9.17, 15) is 4.39 Å². The molecule has 2 N–H and O–H groups in total. The van der Waals surface area contributed by atoms with Gasteiger partial charge in [0.05, 0.1) is 11.4 Å². The Bertz CT molecular complexity index is 625. The fourth-order valence-electron chi connectivity index (χ4n) is 1.48. The lowest BCUT2D eigenvalue weighted by Gasteiger charge is -2.05. The first kappa shape index (κ1) is 13.6. The fourth-order valence-corrected chi connectivity index (χ4v) is 2.27. The van der Waals surface area contributed by atoms with E-state index in [1.807, 2.05) is 12.1 Å². The van der Waals surface area contributed by atoms with Crippen molar-refractivity contribution in [3.05, 3.63) is 51.5 Å². The van der Waals surface area contributed by atoms with Crippen molar-refractivity contribution in [2.75, 3.05) is 6.54 Å². The molecular weight excluding hydrogens is 261 g/mol. The van der Waals surface area contributed by atoms with Crippen molar-refractivity contribution >= 4 is 11.3 Å². The molecule has 1 aromatic heterocycles. The van der Waals surface area contributed by atoms with Crippen LogP contribution in [0.4, 0.5) is 4.39 Å². The van der Waals surface area contributed by atoms with E-state index in [0.717, 1.165) is 9.75 Å². The Kier molecular flexibility index (Phi) is 4.56. The molecule has 0 aliphatic heterocycles. The van der Waals surface area contributed by atoms with Crippen LogP contribution in [0.1, 0.15) is 15.3 Å². The maximum absolute atomic E-state index is 13.3. The van der Waals surface area contributed by atoms with Gasteiger partial charge in [-0.2, -0.15) is 0 Å². The van der Waals surface area contributed by atoms with E-state index >= 15 is 0 Å². The SMILES string of the molecule is Cc1ccc(OCc2ccc(C#CCN)s2)cc1F. The third-order valence-corrected chi connectivity index (χ3v) is 3.47. The summed E-state index contributed by atoms with van der Waals surface area (Å²) in [6.45, 7) is 2.49. The molecular formula is C15H14FNOS. The van der Waals surface area contributed by atoms with Crippen LogP contribution in [0.25, 0.3) is 0 Å². The molecule has 0 radical (unpaired) electrons. The van der Waals surface area contributed by atoms with Crippen LogP contribution < -0.4 is 10.5 Å². The molecule has 0 saturated heterocycles. The molecule has 19 heavy (non-hydrogen) atoms. The number of hydrogen-bond acceptors (Lipinski definition) is 3. The maximum atomic E-state index is 13.3. The molecule has 0 bridgehead atoms. The highest BCUT2D eigenvalue weighted by Crippen LogP contribution is 2.20. The Morgan fingerprint density at radius 3 is 2.89 bits per heavy atom. The molecule has 1 aromatic carbocycles. The molecule has 1 heterocycles. The summed E-state index contributed by atoms with van der Waals surface area (Å²) in [4.78, 5) is 2.00. The minimum Gasteiger partial charge on any atom is -0.488 e. The summed E-state index contributed by atoms with van der Waals surface area (Å²) in [5.74, 6) is 6.05. The van der Waals surface area contributed by atoms with Crippen LogP contribution in [0.5, 0.6) is 5.75 Å². The lowest BCUT2D eigenvalue weighted by atomic mass is 10.2. The lowest BCUT2D eigenvalue weighted by Crippen LogP contribution is -1.94. The molecule has 0 aliphatic carbocycles. The topological polar surface area (TPSA) is 35.2 Å². The largest absolute Gasteiger partial charge is 0.488 e. The average molecular weight is 275 g/mol. The van der Waals surface area contributed by atoms with Gasteiger partial charge in [0.1, 0.15) is 18.2 Å². The summed E-state index contributed by atoms with van der Waals surface area (Å²) in [6, 6.07) is 8.76. The second-order valence-corrected chi connectivity index (χ2v) is 5.14. The van der Waals surface area contributed by atoms with E-state index in [4.69, 9.17) is 10.5 Å². The summed E-state index contributed by atoms with van der Waals surface area (Å²) < 4.78 is 18.9. The molecule has 0 atom stereocenters. The van der Waals surface area contributed by atoms with E-state index in [1.54, 1.807) is 30.4 Å². The van der Waals surface area contributed by atoms with Crippen molar-refractivity contribution in [1.82, 2.24) is 0 Å². The summed E-state index contributed by atoms with van der Waals surface area (Å²) in [5.41, 5.74) is 5.93. The van der Waals surface area contributed by atoms with Crippen LogP contribution >= 0.6 is 11.3 Å². The van der Waals surface area contributed by atoms with Gasteiger partial charge in [-0.1, -0.05) is 17.9 Å². The standard InChI is InChI=1S/C15H14FNOS/c1-11-4-5-12(9-15(11)16)18-10-14-7-6-13(19-14)3-2-8-17/h4-7,9H,8,10,17H2,1H3. The third-order valence-electron chi connectivity index (χ3n) is 2.50. The van der Waals surface area contributed by atoms with Crippen molar-refractivity contribution in [3.63, 3.8) is 0 Å². The van der Waals surface area contributed by atoms with Crippen molar-refractivity contribution < 1.29 is 9.13 Å². The third kappa shape index (κ3) is 3.82. The van der Waals surface area contributed by atoms with E-state index in [2.05, 4.69) is 11.8 Å². The van der Waals surface area contributed by atoms with Crippen molar-refractivity contribution in [2.24, 2.45) is 5.73 Å². The number of nitrogens with two attached hydrogens (primary N) is 1. The van der Waals surface area contributed by atoms with E-state index < -0.39 is 0 Å². The summed E-state index contributed by atoms with van der Waals surface area (Å²) >= 11 is 1.55. The molecule has 0 amide bonds. The number of halogens is 1. The zero-order valence-corrected chi connectivity index (χ0v) is 11.4. The summed E-state index contributed by atoms with van der Waals surface area (Å²) in [5, 5.41) is 0. The molecule has 98 valence electrons. The minimum atomic E-state index is -0.252. The minimum absolute atomic E-state index is 0.252. The smallest absolute Gasteiger partial charge is 0.129 e. The number of thiophene rings is 1. The Morgan fingerprint density at radius 1 is 1.32 bits per heavy atom. The molecule has 0 aliphatic rings. The van der Waals surface area contributed by atoms with Crippen LogP contribution in [0.3, 0.4) is 0 Å². The Hall–Kier alpha value is -1.83. The highest BCUT2D eigenvalue weighted by Gasteiger charge is 2.02. The molecule has 0 fully saturated rings. The van der Waals surface area contributed by atoms with Crippen LogP contribution in [0.2, 0.25) is 0 Å². The van der Waals surface area contributed by atoms with Crippen LogP contribution in [-0.2, 0) is 6.61 Å². The fraction of sp³-hybridized carbons (Fsp3) is 0.200. The molecule has 0 spiro atoms. The van der Waals surface area contributed by atoms with E-state index in [0.29, 0.717) is 24.5 Å². The van der Waals surface area contributed by atoms with Gasteiger partial charge in [0.2, 0.25) is 0 Å². The van der Waals surface area contributed by atoms with E-state index in [-0.39, 0.29) is 5.82 Å². The van der Waals surface area contributed by atoms with Gasteiger partial charge in [-0.05, 0) is 30.7 Å². The highest BCUT2D eigenvalue weighted by molar-refractivity contribution is 7.12. The summed E-state index contributed by atoms with van der Waals surface area (Å²) in [6.07, 6.45) is 0. The molecule has 2 nitrogen and oxygen atoms in total. The molecule has 2 rings (SSSR count). The van der Waals surface area contributed by atoms with Crippen molar-refractivity contribution in [2.45, 2.75) is 13.5 Å². The number of rotatable bonds is 3. The number of aryl methyl sites for hydroxylation is 1. The van der Waals surface area contributed by atoms with Gasteiger partial charge in [-0.3, -0.25) is 0 Å². The second kappa shape index (κ2) is 6.37. The Balaban J connectivity index is 1.98. The van der Waals surface area contributed by atoms with Gasteiger partial charge in [-0.25, -0.2) is 4.39 Å². The lowest BCUT2D eigenvalue weighted by molar-refractivity contribution is 0.308. The molecule has 0 saturated carbocycles. The van der Waals surface area contributed by atoms with Crippen molar-refractivity contribution in [3.8, 4) is 17.6 Å². The van der Waals surface area contributed by atoms with Crippen LogP contribution in [0.15, 0.2) is 30.3 Å². The normalized spacial score (nSPS) is 9.84. The zero-order valence-electron chi connectivity index (χ0n) is 10.6. The monoisotopic (exact) mass is 275 g/mol. The number of ether oxygens (including phenoxy) is 1. The molecule has 2 aromatic rings. The maximum Gasteiger partial charge on any atom is 0.129 e. The predicted molar refractivity (Wildman–Crippen MR) is 75.7 cm³/mol. The molecule has 0 unspecified atom stereocenters. The Morgan fingerprint density at radius 2 is 2.16 bits per heavy atom. The van der Waals surface area contributed by atoms with Crippen molar-refractivity contribution in [1.29, 1.82) is 0 Å². The molecule has 4 heteroatoms. The zero-order chi connectivity index (χ0) is 13.7. The van der Waals surface area contributed by atoms with E-state index in [1.165, 1.54) is 6.07 Å². The quantitative estimate of drug-likeness (QED) is 0.874. The first-order valence-corrected chi connectivity index (χ1v) is 6.67. The highest BCUT2D eigenvalue weighted by atomic mass is 32.1. The predicted octanol–water partition coefficient (Wildman–Crippen LogP) is 3.08. The van der Waals surface area contributed by atoms with Gasteiger partial charge in [0.25, 0.3) is 0 Å². The van der Waals surface area contributed by atoms with Crippen LogP contribution in [0, 0.1) is 24.6 Å². The first-order valence-electron chi connectivity index (χ1n) is 5.85. The van der Waals surface area contributed by atoms with Crippen LogP contribution in [-0.4, -0.2) is 6.54 Å². The number of benzene rings is 1. The Labute approximate surface area is 116 Å². The van der Waals surface area contributed by atoms with Gasteiger partial charge in [0.15, 0.2) is 0 Å². The average Bonchev–Trinajstić information content (AvgIpc) is 2.86. The van der Waals surface area contributed by atoms with Gasteiger partial charge >= 0.3 is 0 Å². The van der Waals surface area contributed by atoms with Gasteiger partial charge in [-0.15, -0.1) is 11.3 Å².